The van der Waals surface area contributed by atoms with Crippen molar-refractivity contribution in [2.24, 2.45) is 5.73 Å². The Labute approximate surface area is 140 Å². The molecule has 2 aromatic carbocycles. The molecule has 1 atom stereocenters. The summed E-state index contributed by atoms with van der Waals surface area (Å²) in [7, 11) is 0. The molecule has 2 N–H and O–H groups in total. The van der Waals surface area contributed by atoms with E-state index in [2.05, 4.69) is 31.9 Å². The number of rotatable bonds is 4. The maximum atomic E-state index is 6.33. The van der Waals surface area contributed by atoms with Crippen molar-refractivity contribution < 1.29 is 4.74 Å². The molecule has 0 aliphatic rings. The van der Waals surface area contributed by atoms with Crippen LogP contribution in [0.1, 0.15) is 24.1 Å². The molecule has 0 aliphatic heterocycles. The maximum absolute atomic E-state index is 6.33. The van der Waals surface area contributed by atoms with Crippen LogP contribution in [0.3, 0.4) is 0 Å². The van der Waals surface area contributed by atoms with E-state index in [-0.39, 0.29) is 6.04 Å². The molecule has 1 unspecified atom stereocenters. The topological polar surface area (TPSA) is 35.2 Å². The second kappa shape index (κ2) is 6.94. The van der Waals surface area contributed by atoms with Gasteiger partial charge in [-0.2, -0.15) is 0 Å². The van der Waals surface area contributed by atoms with E-state index in [0.29, 0.717) is 11.6 Å². The van der Waals surface area contributed by atoms with Gasteiger partial charge in [-0.1, -0.05) is 39.7 Å². The standard InChI is InChI=1S/C15H14Br2ClNO/c1-2-20-14-6-3-9(7-13(14)17)15(19)11-5-4-10(18)8-12(11)16/h3-8,15H,2,19H2,1H3. The van der Waals surface area contributed by atoms with Crippen molar-refractivity contribution in [2.75, 3.05) is 6.61 Å². The van der Waals surface area contributed by atoms with E-state index in [1.165, 1.54) is 0 Å². The van der Waals surface area contributed by atoms with E-state index in [1.807, 2.05) is 43.3 Å². The highest BCUT2D eigenvalue weighted by atomic mass is 79.9. The minimum Gasteiger partial charge on any atom is -0.493 e. The van der Waals surface area contributed by atoms with Crippen molar-refractivity contribution in [1.29, 1.82) is 0 Å². The normalized spacial score (nSPS) is 12.2. The van der Waals surface area contributed by atoms with Gasteiger partial charge in [0.05, 0.1) is 17.1 Å². The SMILES string of the molecule is CCOc1ccc(C(N)c2ccc(Cl)cc2Br)cc1Br. The number of benzene rings is 2. The van der Waals surface area contributed by atoms with Crippen LogP contribution in [-0.4, -0.2) is 6.61 Å². The predicted molar refractivity (Wildman–Crippen MR) is 90.5 cm³/mol. The predicted octanol–water partition coefficient (Wildman–Crippen LogP) is 5.31. The second-order valence-electron chi connectivity index (χ2n) is 4.27. The summed E-state index contributed by atoms with van der Waals surface area (Å²) in [4.78, 5) is 0. The molecule has 0 saturated heterocycles. The monoisotopic (exact) mass is 417 g/mol. The molecule has 2 rings (SSSR count). The smallest absolute Gasteiger partial charge is 0.133 e. The lowest BCUT2D eigenvalue weighted by molar-refractivity contribution is 0.338. The molecule has 5 heteroatoms. The largest absolute Gasteiger partial charge is 0.493 e. The fourth-order valence-corrected chi connectivity index (χ4v) is 3.36. The molecule has 0 amide bonds. The molecule has 2 nitrogen and oxygen atoms in total. The molecule has 106 valence electrons. The van der Waals surface area contributed by atoms with Gasteiger partial charge in [0, 0.05) is 9.50 Å². The Morgan fingerprint density at radius 2 is 1.90 bits per heavy atom. The van der Waals surface area contributed by atoms with Crippen molar-refractivity contribution in [3.8, 4) is 5.75 Å². The van der Waals surface area contributed by atoms with Gasteiger partial charge in [-0.3, -0.25) is 0 Å². The summed E-state index contributed by atoms with van der Waals surface area (Å²) in [5.74, 6) is 0.818. The number of ether oxygens (including phenoxy) is 1. The lowest BCUT2D eigenvalue weighted by atomic mass is 10.00. The Kier molecular flexibility index (Phi) is 5.49. The first-order valence-electron chi connectivity index (χ1n) is 6.15. The van der Waals surface area contributed by atoms with E-state index in [1.54, 1.807) is 0 Å². The maximum Gasteiger partial charge on any atom is 0.133 e. The van der Waals surface area contributed by atoms with Gasteiger partial charge in [0.15, 0.2) is 0 Å². The number of hydrogen-bond donors (Lipinski definition) is 1. The summed E-state index contributed by atoms with van der Waals surface area (Å²) in [6, 6.07) is 11.3. The Bertz CT molecular complexity index is 619. The summed E-state index contributed by atoms with van der Waals surface area (Å²) < 4.78 is 7.31. The van der Waals surface area contributed by atoms with Crippen LogP contribution < -0.4 is 10.5 Å². The van der Waals surface area contributed by atoms with Crippen LogP contribution in [0.25, 0.3) is 0 Å². The molecular weight excluding hydrogens is 405 g/mol. The first-order valence-corrected chi connectivity index (χ1v) is 8.12. The minimum atomic E-state index is -0.228. The van der Waals surface area contributed by atoms with E-state index in [0.717, 1.165) is 25.8 Å². The van der Waals surface area contributed by atoms with E-state index in [9.17, 15) is 0 Å². The Morgan fingerprint density at radius 1 is 1.15 bits per heavy atom. The third-order valence-electron chi connectivity index (χ3n) is 2.91. The highest BCUT2D eigenvalue weighted by molar-refractivity contribution is 9.10. The van der Waals surface area contributed by atoms with Crippen LogP contribution in [0.15, 0.2) is 45.3 Å². The van der Waals surface area contributed by atoms with Gasteiger partial charge in [-0.05, 0) is 58.2 Å². The van der Waals surface area contributed by atoms with Crippen LogP contribution in [0.2, 0.25) is 5.02 Å². The van der Waals surface area contributed by atoms with Crippen LogP contribution in [0.4, 0.5) is 0 Å². The molecule has 0 aliphatic carbocycles. The summed E-state index contributed by atoms with van der Waals surface area (Å²) >= 11 is 13.0. The van der Waals surface area contributed by atoms with Gasteiger partial charge in [-0.25, -0.2) is 0 Å². The Balaban J connectivity index is 2.33. The third kappa shape index (κ3) is 3.55. The lowest BCUT2D eigenvalue weighted by Crippen LogP contribution is -2.12. The van der Waals surface area contributed by atoms with Gasteiger partial charge in [0.2, 0.25) is 0 Å². The second-order valence-corrected chi connectivity index (χ2v) is 6.41. The van der Waals surface area contributed by atoms with Crippen molar-refractivity contribution >= 4 is 43.5 Å². The summed E-state index contributed by atoms with van der Waals surface area (Å²) in [5.41, 5.74) is 8.32. The van der Waals surface area contributed by atoms with Crippen molar-refractivity contribution in [3.05, 3.63) is 61.5 Å². The molecule has 0 radical (unpaired) electrons. The summed E-state index contributed by atoms with van der Waals surface area (Å²) in [6.07, 6.45) is 0. The van der Waals surface area contributed by atoms with Gasteiger partial charge in [0.1, 0.15) is 5.75 Å². The quantitative estimate of drug-likeness (QED) is 0.729. The van der Waals surface area contributed by atoms with Gasteiger partial charge in [0.25, 0.3) is 0 Å². The average Bonchev–Trinajstić information content (AvgIpc) is 2.40. The average molecular weight is 420 g/mol. The highest BCUT2D eigenvalue weighted by Gasteiger charge is 2.14. The van der Waals surface area contributed by atoms with Gasteiger partial charge in [-0.15, -0.1) is 0 Å². The van der Waals surface area contributed by atoms with Gasteiger partial charge >= 0.3 is 0 Å². The Morgan fingerprint density at radius 3 is 2.50 bits per heavy atom. The molecule has 0 saturated carbocycles. The minimum absolute atomic E-state index is 0.228. The Hall–Kier alpha value is -0.550. The lowest BCUT2D eigenvalue weighted by Gasteiger charge is -2.16. The van der Waals surface area contributed by atoms with Crippen molar-refractivity contribution in [2.45, 2.75) is 13.0 Å². The van der Waals surface area contributed by atoms with Crippen molar-refractivity contribution in [1.82, 2.24) is 0 Å². The van der Waals surface area contributed by atoms with E-state index >= 15 is 0 Å². The molecule has 0 spiro atoms. The molecule has 0 heterocycles. The molecule has 20 heavy (non-hydrogen) atoms. The van der Waals surface area contributed by atoms with E-state index < -0.39 is 0 Å². The zero-order valence-corrected chi connectivity index (χ0v) is 14.8. The fraction of sp³-hybridized carbons (Fsp3) is 0.200. The zero-order valence-electron chi connectivity index (χ0n) is 10.9. The van der Waals surface area contributed by atoms with Crippen molar-refractivity contribution in [3.63, 3.8) is 0 Å². The first kappa shape index (κ1) is 15.8. The first-order chi connectivity index (χ1) is 9.52. The highest BCUT2D eigenvalue weighted by Crippen LogP contribution is 2.33. The molecule has 2 aromatic rings. The fourth-order valence-electron chi connectivity index (χ4n) is 1.92. The number of hydrogen-bond acceptors (Lipinski definition) is 2. The van der Waals surface area contributed by atoms with Crippen LogP contribution in [0, 0.1) is 0 Å². The van der Waals surface area contributed by atoms with Crippen LogP contribution >= 0.6 is 43.5 Å². The van der Waals surface area contributed by atoms with Crippen LogP contribution in [0.5, 0.6) is 5.75 Å². The number of nitrogens with two attached hydrogens (primary N) is 1. The molecule has 0 fully saturated rings. The zero-order chi connectivity index (χ0) is 14.7. The number of halogens is 3. The third-order valence-corrected chi connectivity index (χ3v) is 4.45. The van der Waals surface area contributed by atoms with E-state index in [4.69, 9.17) is 22.1 Å². The summed E-state index contributed by atoms with van der Waals surface area (Å²) in [6.45, 7) is 2.59. The molecular formula is C15H14Br2ClNO. The summed E-state index contributed by atoms with van der Waals surface area (Å²) in [5, 5.41) is 0.681. The van der Waals surface area contributed by atoms with Crippen LogP contribution in [-0.2, 0) is 0 Å². The molecule has 0 aromatic heterocycles. The van der Waals surface area contributed by atoms with Gasteiger partial charge < -0.3 is 10.5 Å². The molecule has 0 bridgehead atoms.